The normalized spacial score (nSPS) is 18.9. The molecule has 2 heterocycles. The predicted octanol–water partition coefficient (Wildman–Crippen LogP) is 1.99. The molecule has 0 atom stereocenters. The van der Waals surface area contributed by atoms with Crippen LogP contribution in [0, 0.1) is 5.82 Å². The number of hydrogen-bond acceptors (Lipinski definition) is 4. The molecule has 0 spiro atoms. The molecule has 1 aliphatic rings. The molecule has 1 aromatic heterocycles. The van der Waals surface area contributed by atoms with Gasteiger partial charge in [-0.25, -0.2) is 22.8 Å². The van der Waals surface area contributed by atoms with Crippen molar-refractivity contribution in [1.29, 1.82) is 0 Å². The van der Waals surface area contributed by atoms with Crippen LogP contribution in [0.5, 0.6) is 0 Å². The smallest absolute Gasteiger partial charge is 0.194 e. The maximum atomic E-state index is 14.4. The van der Waals surface area contributed by atoms with Crippen LogP contribution in [0.3, 0.4) is 0 Å². The number of aliphatic imine (C=N–C) groups is 1. The van der Waals surface area contributed by atoms with Crippen molar-refractivity contribution in [2.75, 3.05) is 25.4 Å². The molecule has 0 saturated carbocycles. The third-order valence-electron chi connectivity index (χ3n) is 4.88. The molecule has 152 valence electrons. The lowest BCUT2D eigenvalue weighted by Gasteiger charge is -2.39. The number of nitrogens with zero attached hydrogens (tertiary/aromatic N) is 4. The average Bonchev–Trinajstić information content (AvgIpc) is 3.15. The molecule has 7 nitrogen and oxygen atoms in total. The summed E-state index contributed by atoms with van der Waals surface area (Å²) in [6.07, 6.45) is 4.83. The zero-order chi connectivity index (χ0) is 20.4. The first kappa shape index (κ1) is 20.3. The molecule has 1 N–H and O–H groups in total. The van der Waals surface area contributed by atoms with E-state index in [-0.39, 0.29) is 11.6 Å². The van der Waals surface area contributed by atoms with Gasteiger partial charge in [0.05, 0.1) is 29.1 Å². The average molecular weight is 408 g/mol. The number of aromatic nitrogens is 2. The quantitative estimate of drug-likeness (QED) is 0.619. The van der Waals surface area contributed by atoms with Crippen LogP contribution < -0.4 is 5.32 Å². The Kier molecular flexibility index (Phi) is 5.74. The number of rotatable bonds is 4. The predicted molar refractivity (Wildman–Crippen MR) is 108 cm³/mol. The highest BCUT2D eigenvalue weighted by Crippen LogP contribution is 2.24. The van der Waals surface area contributed by atoms with E-state index in [2.05, 4.69) is 15.3 Å². The van der Waals surface area contributed by atoms with Crippen LogP contribution in [0.15, 0.2) is 41.9 Å². The third kappa shape index (κ3) is 4.19. The van der Waals surface area contributed by atoms with E-state index in [0.717, 1.165) is 5.56 Å². The van der Waals surface area contributed by atoms with Gasteiger partial charge in [0.2, 0.25) is 0 Å². The van der Waals surface area contributed by atoms with E-state index >= 15 is 0 Å². The lowest BCUT2D eigenvalue weighted by molar-refractivity contribution is 0.353. The standard InChI is InChI=1S/C19H26FN5O2S/c1-4-22-18(24-9-10-28(26,27)19(2,3)13-24)23-12-15-5-6-17(16(20)11-15)25-8-7-21-14-25/h5-8,11,14H,4,9-10,12-13H2,1-3H3,(H,22,23). The number of guanidine groups is 1. The molecule has 9 heteroatoms. The molecular weight excluding hydrogens is 381 g/mol. The van der Waals surface area contributed by atoms with Crippen LogP contribution >= 0.6 is 0 Å². The van der Waals surface area contributed by atoms with Gasteiger partial charge in [-0.3, -0.25) is 0 Å². The molecule has 0 unspecified atom stereocenters. The summed E-state index contributed by atoms with van der Waals surface area (Å²) >= 11 is 0. The van der Waals surface area contributed by atoms with Gasteiger partial charge in [0.25, 0.3) is 0 Å². The molecule has 0 radical (unpaired) electrons. The molecule has 28 heavy (non-hydrogen) atoms. The summed E-state index contributed by atoms with van der Waals surface area (Å²) in [5.74, 6) is 0.393. The van der Waals surface area contributed by atoms with Crippen LogP contribution in [0.4, 0.5) is 4.39 Å². The molecule has 1 saturated heterocycles. The largest absolute Gasteiger partial charge is 0.357 e. The van der Waals surface area contributed by atoms with Gasteiger partial charge in [-0.2, -0.15) is 0 Å². The van der Waals surface area contributed by atoms with Gasteiger partial charge in [-0.15, -0.1) is 0 Å². The van der Waals surface area contributed by atoms with Crippen molar-refractivity contribution in [3.05, 3.63) is 48.3 Å². The van der Waals surface area contributed by atoms with Crippen LogP contribution in [0.2, 0.25) is 0 Å². The minimum absolute atomic E-state index is 0.0959. The highest BCUT2D eigenvalue weighted by Gasteiger charge is 2.40. The molecule has 1 aromatic carbocycles. The molecular formula is C19H26FN5O2S. The Balaban J connectivity index is 1.77. The lowest BCUT2D eigenvalue weighted by atomic mass is 10.2. The monoisotopic (exact) mass is 407 g/mol. The Labute approximate surface area is 165 Å². The van der Waals surface area contributed by atoms with Gasteiger partial charge in [-0.05, 0) is 38.5 Å². The number of imidazole rings is 1. The number of sulfone groups is 1. The first-order valence-electron chi connectivity index (χ1n) is 9.26. The minimum Gasteiger partial charge on any atom is -0.357 e. The lowest BCUT2D eigenvalue weighted by Crippen LogP contribution is -2.57. The molecule has 1 fully saturated rings. The van der Waals surface area contributed by atoms with Crippen molar-refractivity contribution in [3.63, 3.8) is 0 Å². The fourth-order valence-electron chi connectivity index (χ4n) is 3.18. The van der Waals surface area contributed by atoms with E-state index in [1.165, 1.54) is 6.07 Å². The summed E-state index contributed by atoms with van der Waals surface area (Å²) in [7, 11) is -3.12. The van der Waals surface area contributed by atoms with Gasteiger partial charge in [0, 0.05) is 32.0 Å². The van der Waals surface area contributed by atoms with Gasteiger partial charge >= 0.3 is 0 Å². The van der Waals surface area contributed by atoms with Gasteiger partial charge < -0.3 is 14.8 Å². The zero-order valence-electron chi connectivity index (χ0n) is 16.4. The summed E-state index contributed by atoms with van der Waals surface area (Å²) in [5, 5.41) is 3.21. The van der Waals surface area contributed by atoms with Crippen LogP contribution in [-0.4, -0.2) is 59.0 Å². The van der Waals surface area contributed by atoms with E-state index in [4.69, 9.17) is 0 Å². The van der Waals surface area contributed by atoms with Crippen molar-refractivity contribution < 1.29 is 12.8 Å². The van der Waals surface area contributed by atoms with E-state index in [1.54, 1.807) is 43.2 Å². The molecule has 0 amide bonds. The molecule has 0 aliphatic carbocycles. The number of nitrogens with one attached hydrogen (secondary N) is 1. The van der Waals surface area contributed by atoms with Gasteiger partial charge in [0.1, 0.15) is 5.82 Å². The fourth-order valence-corrected chi connectivity index (χ4v) is 4.54. The molecule has 1 aliphatic heterocycles. The van der Waals surface area contributed by atoms with Crippen molar-refractivity contribution in [2.45, 2.75) is 32.1 Å². The maximum Gasteiger partial charge on any atom is 0.194 e. The van der Waals surface area contributed by atoms with Crippen LogP contribution in [-0.2, 0) is 16.4 Å². The van der Waals surface area contributed by atoms with Crippen molar-refractivity contribution in [1.82, 2.24) is 19.8 Å². The molecule has 3 rings (SSSR count). The second-order valence-corrected chi connectivity index (χ2v) is 10.2. The fraction of sp³-hybridized carbons (Fsp3) is 0.474. The van der Waals surface area contributed by atoms with Gasteiger partial charge in [-0.1, -0.05) is 6.07 Å². The number of halogens is 1. The van der Waals surface area contributed by atoms with Crippen LogP contribution in [0.1, 0.15) is 26.3 Å². The number of benzene rings is 1. The first-order valence-corrected chi connectivity index (χ1v) is 10.9. The highest BCUT2D eigenvalue weighted by atomic mass is 32.2. The third-order valence-corrected chi connectivity index (χ3v) is 7.42. The minimum atomic E-state index is -3.12. The van der Waals surface area contributed by atoms with Crippen molar-refractivity contribution >= 4 is 15.8 Å². The van der Waals surface area contributed by atoms with E-state index in [9.17, 15) is 12.8 Å². The number of hydrogen-bond donors (Lipinski definition) is 1. The van der Waals surface area contributed by atoms with E-state index < -0.39 is 14.6 Å². The summed E-state index contributed by atoms with van der Waals surface area (Å²) in [4.78, 5) is 10.5. The summed E-state index contributed by atoms with van der Waals surface area (Å²) in [6, 6.07) is 4.99. The van der Waals surface area contributed by atoms with Gasteiger partial charge in [0.15, 0.2) is 15.8 Å². The molecule has 0 bridgehead atoms. The Hall–Kier alpha value is -2.42. The zero-order valence-corrected chi connectivity index (χ0v) is 17.2. The first-order chi connectivity index (χ1) is 13.2. The SMILES string of the molecule is CCNC(=NCc1ccc(-n2ccnc2)c(F)c1)N1CCS(=O)(=O)C(C)(C)C1. The summed E-state index contributed by atoms with van der Waals surface area (Å²) < 4.78 is 39.7. The topological polar surface area (TPSA) is 79.6 Å². The van der Waals surface area contributed by atoms with Crippen LogP contribution in [0.25, 0.3) is 5.69 Å². The Bertz CT molecular complexity index is 955. The van der Waals surface area contributed by atoms with Crippen molar-refractivity contribution in [3.8, 4) is 5.69 Å². The van der Waals surface area contributed by atoms with E-state index in [1.807, 2.05) is 17.9 Å². The second kappa shape index (κ2) is 7.90. The molecule has 2 aromatic rings. The van der Waals surface area contributed by atoms with Crippen molar-refractivity contribution in [2.24, 2.45) is 4.99 Å². The summed E-state index contributed by atoms with van der Waals surface area (Å²) in [5.41, 5.74) is 1.17. The second-order valence-electron chi connectivity index (χ2n) is 7.43. The van der Waals surface area contributed by atoms with E-state index in [0.29, 0.717) is 37.8 Å². The Morgan fingerprint density at radius 3 is 2.79 bits per heavy atom. The summed E-state index contributed by atoms with van der Waals surface area (Å²) in [6.45, 7) is 7.16. The maximum absolute atomic E-state index is 14.4. The highest BCUT2D eigenvalue weighted by molar-refractivity contribution is 7.92. The Morgan fingerprint density at radius 2 is 2.18 bits per heavy atom. The Morgan fingerprint density at radius 1 is 1.39 bits per heavy atom.